The van der Waals surface area contributed by atoms with Crippen molar-refractivity contribution in [1.82, 2.24) is 0 Å². The SMILES string of the molecule is CC(C)c1ccccc1C(C)(C)C.OO. The summed E-state index contributed by atoms with van der Waals surface area (Å²) in [6.07, 6.45) is 0. The van der Waals surface area contributed by atoms with Gasteiger partial charge < -0.3 is 0 Å². The van der Waals surface area contributed by atoms with Gasteiger partial charge in [-0.05, 0) is 22.5 Å². The molecule has 0 aliphatic carbocycles. The predicted molar refractivity (Wildman–Crippen MR) is 64.5 cm³/mol. The van der Waals surface area contributed by atoms with Crippen LogP contribution in [0.1, 0.15) is 51.7 Å². The maximum atomic E-state index is 6.00. The molecule has 0 fully saturated rings. The molecule has 2 N–H and O–H groups in total. The smallest absolute Gasteiger partial charge is 0.0129 e. The maximum absolute atomic E-state index is 6.00. The second-order valence-corrected chi connectivity index (χ2v) is 4.99. The van der Waals surface area contributed by atoms with Crippen molar-refractivity contribution in [3.8, 4) is 0 Å². The van der Waals surface area contributed by atoms with E-state index in [9.17, 15) is 0 Å². The van der Waals surface area contributed by atoms with Crippen LogP contribution in [0.25, 0.3) is 0 Å². The van der Waals surface area contributed by atoms with Gasteiger partial charge in [-0.2, -0.15) is 0 Å². The second-order valence-electron chi connectivity index (χ2n) is 4.99. The summed E-state index contributed by atoms with van der Waals surface area (Å²) in [6, 6.07) is 8.75. The van der Waals surface area contributed by atoms with Crippen LogP contribution < -0.4 is 0 Å². The van der Waals surface area contributed by atoms with E-state index in [4.69, 9.17) is 10.5 Å². The maximum Gasteiger partial charge on any atom is -0.0129 e. The number of rotatable bonds is 1. The Bertz CT molecular complexity index is 285. The van der Waals surface area contributed by atoms with Gasteiger partial charge in [-0.3, -0.25) is 10.5 Å². The first-order chi connectivity index (χ1) is 6.93. The van der Waals surface area contributed by atoms with Gasteiger partial charge >= 0.3 is 0 Å². The van der Waals surface area contributed by atoms with Gasteiger partial charge in [0.1, 0.15) is 0 Å². The minimum atomic E-state index is 0.265. The summed E-state index contributed by atoms with van der Waals surface area (Å²) in [7, 11) is 0. The van der Waals surface area contributed by atoms with Crippen LogP contribution in [0.4, 0.5) is 0 Å². The Morgan fingerprint density at radius 1 is 1.00 bits per heavy atom. The molecule has 0 aliphatic heterocycles. The van der Waals surface area contributed by atoms with Crippen molar-refractivity contribution >= 4 is 0 Å². The molecular formula is C13H22O2. The van der Waals surface area contributed by atoms with Crippen molar-refractivity contribution in [3.63, 3.8) is 0 Å². The topological polar surface area (TPSA) is 40.5 Å². The molecule has 86 valence electrons. The van der Waals surface area contributed by atoms with Gasteiger partial charge in [0.25, 0.3) is 0 Å². The lowest BCUT2D eigenvalue weighted by atomic mass is 9.81. The first kappa shape index (κ1) is 14.1. The Labute approximate surface area is 92.5 Å². The average Bonchev–Trinajstić information content (AvgIpc) is 2.19. The largest absolute Gasteiger partial charge is 0.255 e. The van der Waals surface area contributed by atoms with Gasteiger partial charge in [-0.15, -0.1) is 0 Å². The average molecular weight is 210 g/mol. The summed E-state index contributed by atoms with van der Waals surface area (Å²) in [6.45, 7) is 11.3. The minimum absolute atomic E-state index is 0.265. The van der Waals surface area contributed by atoms with Crippen LogP contribution in [0.3, 0.4) is 0 Å². The molecule has 2 heteroatoms. The zero-order chi connectivity index (χ0) is 12.1. The van der Waals surface area contributed by atoms with Gasteiger partial charge in [0.2, 0.25) is 0 Å². The third-order valence-corrected chi connectivity index (χ3v) is 2.39. The standard InChI is InChI=1S/C13H20.H2O2/c1-10(2)11-8-6-7-9-12(11)13(3,4)5;1-2/h6-10H,1-5H3;1-2H. The summed E-state index contributed by atoms with van der Waals surface area (Å²) < 4.78 is 0. The highest BCUT2D eigenvalue weighted by atomic mass is 17.0. The Morgan fingerprint density at radius 2 is 1.47 bits per heavy atom. The molecule has 1 aromatic rings. The zero-order valence-electron chi connectivity index (χ0n) is 10.3. The van der Waals surface area contributed by atoms with E-state index in [2.05, 4.69) is 58.9 Å². The Kier molecular flexibility index (Phi) is 5.55. The molecule has 2 nitrogen and oxygen atoms in total. The Hall–Kier alpha value is -0.860. The van der Waals surface area contributed by atoms with E-state index in [1.807, 2.05) is 0 Å². The van der Waals surface area contributed by atoms with Crippen LogP contribution in [0, 0.1) is 0 Å². The molecule has 0 heterocycles. The predicted octanol–water partition coefficient (Wildman–Crippen LogP) is 4.12. The first-order valence-corrected chi connectivity index (χ1v) is 5.22. The highest BCUT2D eigenvalue weighted by molar-refractivity contribution is 5.34. The van der Waals surface area contributed by atoms with E-state index in [0.29, 0.717) is 5.92 Å². The third-order valence-electron chi connectivity index (χ3n) is 2.39. The molecule has 1 rings (SSSR count). The monoisotopic (exact) mass is 210 g/mol. The molecule has 1 aromatic carbocycles. The van der Waals surface area contributed by atoms with Crippen molar-refractivity contribution in [2.75, 3.05) is 0 Å². The Morgan fingerprint density at radius 3 is 1.80 bits per heavy atom. The molecule has 0 amide bonds. The molecular weight excluding hydrogens is 188 g/mol. The third kappa shape index (κ3) is 4.02. The molecule has 0 unspecified atom stereocenters. The summed E-state index contributed by atoms with van der Waals surface area (Å²) in [5.74, 6) is 0.621. The van der Waals surface area contributed by atoms with Crippen molar-refractivity contribution in [1.29, 1.82) is 0 Å². The van der Waals surface area contributed by atoms with E-state index in [0.717, 1.165) is 0 Å². The molecule has 0 atom stereocenters. The van der Waals surface area contributed by atoms with Crippen molar-refractivity contribution in [2.45, 2.75) is 46.0 Å². The summed E-state index contributed by atoms with van der Waals surface area (Å²) in [5.41, 5.74) is 3.22. The fourth-order valence-electron chi connectivity index (χ4n) is 1.68. The van der Waals surface area contributed by atoms with Crippen LogP contribution in [-0.4, -0.2) is 10.5 Å². The minimum Gasteiger partial charge on any atom is -0.255 e. The number of hydrogen-bond donors (Lipinski definition) is 2. The lowest BCUT2D eigenvalue weighted by Crippen LogP contribution is -2.14. The molecule has 0 aromatic heterocycles. The highest BCUT2D eigenvalue weighted by Gasteiger charge is 2.18. The summed E-state index contributed by atoms with van der Waals surface area (Å²) in [5, 5.41) is 12.0. The quantitative estimate of drug-likeness (QED) is 0.540. The number of hydrogen-bond acceptors (Lipinski definition) is 2. The van der Waals surface area contributed by atoms with E-state index in [1.54, 1.807) is 0 Å². The Balaban J connectivity index is 0.000000921. The lowest BCUT2D eigenvalue weighted by molar-refractivity contribution is -0.176. The van der Waals surface area contributed by atoms with E-state index in [1.165, 1.54) is 11.1 Å². The molecule has 0 radical (unpaired) electrons. The van der Waals surface area contributed by atoms with E-state index in [-0.39, 0.29) is 5.41 Å². The van der Waals surface area contributed by atoms with E-state index >= 15 is 0 Å². The van der Waals surface area contributed by atoms with Gasteiger partial charge in [0, 0.05) is 0 Å². The van der Waals surface area contributed by atoms with Crippen LogP contribution in [0.5, 0.6) is 0 Å². The van der Waals surface area contributed by atoms with Gasteiger partial charge in [-0.25, -0.2) is 0 Å². The van der Waals surface area contributed by atoms with Gasteiger partial charge in [-0.1, -0.05) is 58.9 Å². The first-order valence-electron chi connectivity index (χ1n) is 5.22. The molecule has 15 heavy (non-hydrogen) atoms. The van der Waals surface area contributed by atoms with Crippen LogP contribution in [0.2, 0.25) is 0 Å². The fourth-order valence-corrected chi connectivity index (χ4v) is 1.68. The summed E-state index contributed by atoms with van der Waals surface area (Å²) >= 11 is 0. The van der Waals surface area contributed by atoms with Gasteiger partial charge in [0.15, 0.2) is 0 Å². The number of benzene rings is 1. The van der Waals surface area contributed by atoms with Crippen LogP contribution in [0.15, 0.2) is 24.3 Å². The normalized spacial score (nSPS) is 10.9. The second kappa shape index (κ2) is 5.89. The zero-order valence-corrected chi connectivity index (χ0v) is 10.3. The molecule has 0 saturated carbocycles. The van der Waals surface area contributed by atoms with Crippen molar-refractivity contribution in [2.24, 2.45) is 0 Å². The molecule has 0 aliphatic rings. The van der Waals surface area contributed by atoms with E-state index < -0.39 is 0 Å². The van der Waals surface area contributed by atoms with Crippen LogP contribution in [-0.2, 0) is 5.41 Å². The lowest BCUT2D eigenvalue weighted by Gasteiger charge is -2.24. The van der Waals surface area contributed by atoms with Crippen molar-refractivity contribution in [3.05, 3.63) is 35.4 Å². The van der Waals surface area contributed by atoms with Gasteiger partial charge in [0.05, 0.1) is 0 Å². The summed E-state index contributed by atoms with van der Waals surface area (Å²) in [4.78, 5) is 0. The fraction of sp³-hybridized carbons (Fsp3) is 0.538. The molecule has 0 saturated heterocycles. The molecule has 0 bridgehead atoms. The van der Waals surface area contributed by atoms with Crippen molar-refractivity contribution < 1.29 is 10.5 Å². The van der Waals surface area contributed by atoms with Crippen LogP contribution >= 0.6 is 0 Å². The highest BCUT2D eigenvalue weighted by Crippen LogP contribution is 2.29. The molecule has 0 spiro atoms.